The minimum absolute atomic E-state index is 0.116. The van der Waals surface area contributed by atoms with Crippen molar-refractivity contribution >= 4 is 21.4 Å². The zero-order valence-electron chi connectivity index (χ0n) is 11.1. The van der Waals surface area contributed by atoms with Crippen molar-refractivity contribution in [3.8, 4) is 0 Å². The van der Waals surface area contributed by atoms with Gasteiger partial charge < -0.3 is 5.73 Å². The fourth-order valence-electron chi connectivity index (χ4n) is 1.69. The van der Waals surface area contributed by atoms with E-state index in [1.165, 1.54) is 12.1 Å². The lowest BCUT2D eigenvalue weighted by Gasteiger charge is -2.10. The summed E-state index contributed by atoms with van der Waals surface area (Å²) in [5.41, 5.74) is 7.80. The molecule has 0 saturated heterocycles. The number of halogens is 1. The van der Waals surface area contributed by atoms with Crippen molar-refractivity contribution < 1.29 is 12.8 Å². The van der Waals surface area contributed by atoms with E-state index in [9.17, 15) is 12.8 Å². The molecule has 0 amide bonds. The van der Waals surface area contributed by atoms with Crippen LogP contribution in [0.1, 0.15) is 11.1 Å². The Labute approximate surface area is 117 Å². The van der Waals surface area contributed by atoms with Crippen LogP contribution in [-0.4, -0.2) is 8.42 Å². The van der Waals surface area contributed by atoms with Crippen LogP contribution in [-0.2, 0) is 10.0 Å². The van der Waals surface area contributed by atoms with Crippen molar-refractivity contribution in [2.45, 2.75) is 18.7 Å². The first kappa shape index (κ1) is 14.3. The lowest BCUT2D eigenvalue weighted by molar-refractivity contribution is 0.593. The zero-order chi connectivity index (χ0) is 14.9. The van der Waals surface area contributed by atoms with Crippen LogP contribution < -0.4 is 10.5 Å². The molecule has 4 nitrogen and oxygen atoms in total. The third kappa shape index (κ3) is 2.91. The number of hydrogen-bond acceptors (Lipinski definition) is 3. The molecule has 0 aliphatic rings. The first-order valence-corrected chi connectivity index (χ1v) is 7.43. The maximum Gasteiger partial charge on any atom is 0.261 e. The van der Waals surface area contributed by atoms with Gasteiger partial charge in [0.1, 0.15) is 5.82 Å². The predicted octanol–water partition coefficient (Wildman–Crippen LogP) is 2.83. The van der Waals surface area contributed by atoms with Crippen molar-refractivity contribution in [3.05, 3.63) is 53.3 Å². The molecule has 0 fully saturated rings. The highest BCUT2D eigenvalue weighted by Gasteiger charge is 2.16. The minimum Gasteiger partial charge on any atom is -0.399 e. The molecular formula is C14H15FN2O2S. The van der Waals surface area contributed by atoms with Crippen LogP contribution in [0, 0.1) is 19.7 Å². The Hall–Kier alpha value is -2.08. The Bertz CT molecular complexity index is 758. The van der Waals surface area contributed by atoms with Gasteiger partial charge in [-0.15, -0.1) is 0 Å². The summed E-state index contributed by atoms with van der Waals surface area (Å²) in [6, 6.07) is 8.59. The highest BCUT2D eigenvalue weighted by atomic mass is 32.2. The summed E-state index contributed by atoms with van der Waals surface area (Å²) in [6.45, 7) is 3.35. The molecule has 2 aromatic rings. The highest BCUT2D eigenvalue weighted by molar-refractivity contribution is 7.92. The molecule has 2 aromatic carbocycles. The number of nitrogens with two attached hydrogens (primary N) is 1. The second-order valence-electron chi connectivity index (χ2n) is 4.59. The smallest absolute Gasteiger partial charge is 0.261 e. The fraction of sp³-hybridized carbons (Fsp3) is 0.143. The molecule has 0 aromatic heterocycles. The maximum atomic E-state index is 13.5. The van der Waals surface area contributed by atoms with E-state index in [0.29, 0.717) is 16.9 Å². The summed E-state index contributed by atoms with van der Waals surface area (Å²) in [4.78, 5) is -0.116. The molecule has 6 heteroatoms. The summed E-state index contributed by atoms with van der Waals surface area (Å²) in [7, 11) is -3.81. The molecule has 0 aliphatic carbocycles. The first-order chi connectivity index (χ1) is 9.29. The lowest BCUT2D eigenvalue weighted by atomic mass is 10.2. The first-order valence-electron chi connectivity index (χ1n) is 5.95. The van der Waals surface area contributed by atoms with Gasteiger partial charge in [-0.05, 0) is 55.3 Å². The van der Waals surface area contributed by atoms with E-state index in [-0.39, 0.29) is 4.90 Å². The monoisotopic (exact) mass is 294 g/mol. The summed E-state index contributed by atoms with van der Waals surface area (Å²) in [5.74, 6) is -0.554. The molecule has 3 N–H and O–H groups in total. The quantitative estimate of drug-likeness (QED) is 0.855. The van der Waals surface area contributed by atoms with Gasteiger partial charge in [-0.1, -0.05) is 6.07 Å². The van der Waals surface area contributed by atoms with E-state index in [0.717, 1.165) is 11.6 Å². The van der Waals surface area contributed by atoms with Crippen LogP contribution in [0.25, 0.3) is 0 Å². The van der Waals surface area contributed by atoms with E-state index in [2.05, 4.69) is 4.72 Å². The maximum absolute atomic E-state index is 13.5. The summed E-state index contributed by atoms with van der Waals surface area (Å²) >= 11 is 0. The number of sulfonamides is 1. The fourth-order valence-corrected chi connectivity index (χ4v) is 2.75. The molecule has 0 spiro atoms. The molecule has 2 rings (SSSR count). The van der Waals surface area contributed by atoms with Gasteiger partial charge in [-0.25, -0.2) is 12.8 Å². The van der Waals surface area contributed by atoms with E-state index in [1.54, 1.807) is 32.0 Å². The Kier molecular flexibility index (Phi) is 3.67. The molecule has 0 bridgehead atoms. The Morgan fingerprint density at radius 3 is 2.35 bits per heavy atom. The lowest BCUT2D eigenvalue weighted by Crippen LogP contribution is -2.13. The number of anilines is 2. The number of nitrogens with one attached hydrogen (secondary N) is 1. The summed E-state index contributed by atoms with van der Waals surface area (Å²) in [6.07, 6.45) is 0. The number of rotatable bonds is 3. The Morgan fingerprint density at radius 2 is 1.75 bits per heavy atom. The Balaban J connectivity index is 2.35. The topological polar surface area (TPSA) is 72.2 Å². The van der Waals surface area contributed by atoms with E-state index < -0.39 is 15.8 Å². The number of aryl methyl sites for hydroxylation is 2. The number of hydrogen-bond donors (Lipinski definition) is 2. The molecule has 0 radical (unpaired) electrons. The predicted molar refractivity (Wildman–Crippen MR) is 77.5 cm³/mol. The van der Waals surface area contributed by atoms with E-state index in [1.807, 2.05) is 0 Å². The van der Waals surface area contributed by atoms with Crippen LogP contribution >= 0.6 is 0 Å². The molecule has 0 unspecified atom stereocenters. The van der Waals surface area contributed by atoms with Gasteiger partial charge in [0, 0.05) is 11.4 Å². The second kappa shape index (κ2) is 5.13. The zero-order valence-corrected chi connectivity index (χ0v) is 12.0. The van der Waals surface area contributed by atoms with Crippen molar-refractivity contribution in [3.63, 3.8) is 0 Å². The molecule has 20 heavy (non-hydrogen) atoms. The number of benzene rings is 2. The van der Waals surface area contributed by atoms with Crippen LogP contribution in [0.2, 0.25) is 0 Å². The average Bonchev–Trinajstić information content (AvgIpc) is 2.37. The average molecular weight is 294 g/mol. The van der Waals surface area contributed by atoms with Crippen molar-refractivity contribution in [1.29, 1.82) is 0 Å². The van der Waals surface area contributed by atoms with Crippen LogP contribution in [0.15, 0.2) is 41.3 Å². The van der Waals surface area contributed by atoms with Crippen LogP contribution in [0.5, 0.6) is 0 Å². The second-order valence-corrected chi connectivity index (χ2v) is 6.27. The third-order valence-corrected chi connectivity index (χ3v) is 4.35. The largest absolute Gasteiger partial charge is 0.399 e. The van der Waals surface area contributed by atoms with Gasteiger partial charge in [-0.3, -0.25) is 4.72 Å². The van der Waals surface area contributed by atoms with Gasteiger partial charge in [0.05, 0.1) is 4.90 Å². The SMILES string of the molecule is Cc1cc(NS(=O)(=O)c2ccc(C)c(F)c2)ccc1N. The van der Waals surface area contributed by atoms with Crippen LogP contribution in [0.4, 0.5) is 15.8 Å². The van der Waals surface area contributed by atoms with E-state index in [4.69, 9.17) is 5.73 Å². The van der Waals surface area contributed by atoms with Gasteiger partial charge in [-0.2, -0.15) is 0 Å². The van der Waals surface area contributed by atoms with Crippen molar-refractivity contribution in [1.82, 2.24) is 0 Å². The molecule has 0 atom stereocenters. The van der Waals surface area contributed by atoms with Gasteiger partial charge in [0.25, 0.3) is 10.0 Å². The molecule has 106 valence electrons. The molecular weight excluding hydrogens is 279 g/mol. The standard InChI is InChI=1S/C14H15FN2O2S/c1-9-3-5-12(8-13(9)15)20(18,19)17-11-4-6-14(16)10(2)7-11/h3-8,17H,16H2,1-2H3. The molecule has 0 aliphatic heterocycles. The van der Waals surface area contributed by atoms with Gasteiger partial charge >= 0.3 is 0 Å². The van der Waals surface area contributed by atoms with Crippen molar-refractivity contribution in [2.24, 2.45) is 0 Å². The van der Waals surface area contributed by atoms with Crippen LogP contribution in [0.3, 0.4) is 0 Å². The highest BCUT2D eigenvalue weighted by Crippen LogP contribution is 2.21. The summed E-state index contributed by atoms with van der Waals surface area (Å²) < 4.78 is 40.2. The van der Waals surface area contributed by atoms with Crippen molar-refractivity contribution in [2.75, 3.05) is 10.5 Å². The summed E-state index contributed by atoms with van der Waals surface area (Å²) in [5, 5.41) is 0. The van der Waals surface area contributed by atoms with E-state index >= 15 is 0 Å². The molecule has 0 heterocycles. The normalized spacial score (nSPS) is 11.3. The number of nitrogen functional groups attached to an aromatic ring is 1. The molecule has 0 saturated carbocycles. The Morgan fingerprint density at radius 1 is 1.05 bits per heavy atom. The third-order valence-electron chi connectivity index (χ3n) is 2.98. The van der Waals surface area contributed by atoms with Gasteiger partial charge in [0.2, 0.25) is 0 Å². The van der Waals surface area contributed by atoms with Gasteiger partial charge in [0.15, 0.2) is 0 Å². The minimum atomic E-state index is -3.81.